The summed E-state index contributed by atoms with van der Waals surface area (Å²) >= 11 is 0. The minimum Gasteiger partial charge on any atom is -0.391 e. The van der Waals surface area contributed by atoms with Crippen molar-refractivity contribution in [3.63, 3.8) is 0 Å². The summed E-state index contributed by atoms with van der Waals surface area (Å²) in [5.74, 6) is -1.23. The average molecular weight is 448 g/mol. The molecule has 0 spiro atoms. The SMILES string of the molecule is [2H]C1([2H])CC[C@H](c2cc(F)ccc2F)N1c1ccn2ncc(NC(=O)N3C([2H])([2H])C[C@H](O)C3([2H])C)c2n1. The molecule has 1 aromatic carbocycles. The van der Waals surface area contributed by atoms with Crippen LogP contribution in [-0.2, 0) is 0 Å². The number of anilines is 2. The van der Waals surface area contributed by atoms with Gasteiger partial charge in [0.15, 0.2) is 5.65 Å². The van der Waals surface area contributed by atoms with Crippen molar-refractivity contribution >= 4 is 23.2 Å². The lowest BCUT2D eigenvalue weighted by Gasteiger charge is -2.26. The molecule has 2 saturated heterocycles. The molecule has 1 unspecified atom stereocenters. The predicted molar refractivity (Wildman–Crippen MR) is 114 cm³/mol. The van der Waals surface area contributed by atoms with Crippen LogP contribution in [0.3, 0.4) is 0 Å². The van der Waals surface area contributed by atoms with Gasteiger partial charge in [-0.3, -0.25) is 0 Å². The second-order valence-corrected chi connectivity index (χ2v) is 7.65. The van der Waals surface area contributed by atoms with Crippen LogP contribution in [0.2, 0.25) is 0 Å². The average Bonchev–Trinajstić information content (AvgIpc) is 3.38. The summed E-state index contributed by atoms with van der Waals surface area (Å²) in [5, 5.41) is 16.7. The molecule has 2 N–H and O–H groups in total. The second kappa shape index (κ2) is 8.01. The van der Waals surface area contributed by atoms with Gasteiger partial charge in [0, 0.05) is 30.2 Å². The predicted octanol–water partition coefficient (Wildman–Crippen LogP) is 3.34. The molecule has 0 bridgehead atoms. The molecule has 3 aromatic rings. The molecule has 2 aliphatic heterocycles. The minimum absolute atomic E-state index is 0.00497. The Bertz CT molecular complexity index is 1390. The van der Waals surface area contributed by atoms with Crippen LogP contribution < -0.4 is 10.2 Å². The second-order valence-electron chi connectivity index (χ2n) is 7.65. The monoisotopic (exact) mass is 447 g/mol. The van der Waals surface area contributed by atoms with Crippen molar-refractivity contribution in [1.82, 2.24) is 19.5 Å². The fraction of sp³-hybridized carbons (Fsp3) is 0.409. The number of carbonyl (C=O) groups excluding carboxylic acids is 1. The van der Waals surface area contributed by atoms with Crippen LogP contribution in [0.15, 0.2) is 36.7 Å². The van der Waals surface area contributed by atoms with E-state index in [-0.39, 0.29) is 35.6 Å². The molecular formula is C22H24F2N6O2. The number of benzene rings is 1. The molecule has 4 heterocycles. The molecule has 0 saturated carbocycles. The van der Waals surface area contributed by atoms with Crippen molar-refractivity contribution in [2.45, 2.75) is 44.3 Å². The Morgan fingerprint density at radius 3 is 2.94 bits per heavy atom. The van der Waals surface area contributed by atoms with Crippen LogP contribution in [0.25, 0.3) is 5.65 Å². The van der Waals surface area contributed by atoms with Crippen molar-refractivity contribution < 1.29 is 25.5 Å². The zero-order valence-corrected chi connectivity index (χ0v) is 17.1. The third-order valence-corrected chi connectivity index (χ3v) is 5.65. The standard InChI is InChI=1S/C22H24F2N6O2/c1-13-19(31)6-9-28(13)22(32)26-17-12-25-30-10-7-20(27-21(17)30)29-8-2-3-18(29)15-11-14(23)4-5-16(15)24/h4-5,7,10-13,18-19,31H,2-3,6,8-9H2,1H3,(H,26,32)/t13?,18-,19+/m1/s1/i8D2,9D2,13D. The molecule has 0 aliphatic carbocycles. The van der Waals surface area contributed by atoms with E-state index in [2.05, 4.69) is 15.4 Å². The highest BCUT2D eigenvalue weighted by atomic mass is 19.1. The maximum Gasteiger partial charge on any atom is 0.322 e. The van der Waals surface area contributed by atoms with Crippen LogP contribution in [-0.4, -0.2) is 55.8 Å². The van der Waals surface area contributed by atoms with Gasteiger partial charge in [0.2, 0.25) is 0 Å². The number of nitrogens with zero attached hydrogens (tertiary/aromatic N) is 5. The molecular weight excluding hydrogens is 418 g/mol. The van der Waals surface area contributed by atoms with Gasteiger partial charge < -0.3 is 20.2 Å². The van der Waals surface area contributed by atoms with Gasteiger partial charge in [-0.15, -0.1) is 0 Å². The summed E-state index contributed by atoms with van der Waals surface area (Å²) in [5.41, 5.74) is 0.127. The van der Waals surface area contributed by atoms with Gasteiger partial charge in [-0.25, -0.2) is 23.1 Å². The summed E-state index contributed by atoms with van der Waals surface area (Å²) in [6.45, 7) is -2.99. The van der Waals surface area contributed by atoms with E-state index in [1.807, 2.05) is 0 Å². The van der Waals surface area contributed by atoms with E-state index in [4.69, 9.17) is 6.85 Å². The number of rotatable bonds is 3. The van der Waals surface area contributed by atoms with E-state index in [0.29, 0.717) is 4.90 Å². The number of aliphatic hydroxyl groups is 1. The van der Waals surface area contributed by atoms with E-state index in [1.54, 1.807) is 0 Å². The Hall–Kier alpha value is -3.27. The first-order valence-corrected chi connectivity index (χ1v) is 10.1. The number of aliphatic hydroxyl groups excluding tert-OH is 1. The van der Waals surface area contributed by atoms with Gasteiger partial charge in [0.05, 0.1) is 25.7 Å². The number of hydrogen-bond acceptors (Lipinski definition) is 5. The van der Waals surface area contributed by atoms with Gasteiger partial charge in [0.1, 0.15) is 23.1 Å². The zero-order chi connectivity index (χ0) is 26.9. The molecule has 3 atom stereocenters. The Balaban J connectivity index is 1.51. The van der Waals surface area contributed by atoms with Crippen LogP contribution >= 0.6 is 0 Å². The lowest BCUT2D eigenvalue weighted by atomic mass is 10.0. The number of likely N-dealkylation sites (tertiary alicyclic amines) is 1. The van der Waals surface area contributed by atoms with Gasteiger partial charge >= 0.3 is 6.03 Å². The van der Waals surface area contributed by atoms with E-state index in [1.165, 1.54) is 34.8 Å². The van der Waals surface area contributed by atoms with Gasteiger partial charge in [-0.1, -0.05) is 0 Å². The highest BCUT2D eigenvalue weighted by Gasteiger charge is 2.33. The van der Waals surface area contributed by atoms with Crippen LogP contribution in [0.1, 0.15) is 44.6 Å². The Morgan fingerprint density at radius 2 is 2.16 bits per heavy atom. The lowest BCUT2D eigenvalue weighted by molar-refractivity contribution is 0.135. The molecule has 8 nitrogen and oxygen atoms in total. The number of fused-ring (bicyclic) bond motifs is 1. The summed E-state index contributed by atoms with van der Waals surface area (Å²) in [6.07, 6.45) is 1.14. The van der Waals surface area contributed by atoms with Gasteiger partial charge in [-0.05, 0) is 50.5 Å². The number of nitrogens with one attached hydrogen (secondary N) is 1. The van der Waals surface area contributed by atoms with Crippen LogP contribution in [0, 0.1) is 11.6 Å². The van der Waals surface area contributed by atoms with Crippen molar-refractivity contribution in [2.24, 2.45) is 0 Å². The lowest BCUT2D eigenvalue weighted by Crippen LogP contribution is -2.40. The molecule has 2 aliphatic rings. The fourth-order valence-electron chi connectivity index (χ4n) is 3.95. The van der Waals surface area contributed by atoms with Crippen molar-refractivity contribution in [3.8, 4) is 0 Å². The number of hydrogen-bond donors (Lipinski definition) is 2. The first-order valence-electron chi connectivity index (χ1n) is 12.6. The number of halogens is 2. The summed E-state index contributed by atoms with van der Waals surface area (Å²) in [7, 11) is 0. The van der Waals surface area contributed by atoms with Gasteiger partial charge in [-0.2, -0.15) is 5.10 Å². The molecule has 5 rings (SSSR count). The summed E-state index contributed by atoms with van der Waals surface area (Å²) < 4.78 is 71.3. The zero-order valence-electron chi connectivity index (χ0n) is 22.1. The molecule has 32 heavy (non-hydrogen) atoms. The van der Waals surface area contributed by atoms with Crippen molar-refractivity contribution in [2.75, 3.05) is 23.2 Å². The molecule has 2 amide bonds. The molecule has 0 radical (unpaired) electrons. The quantitative estimate of drug-likeness (QED) is 0.643. The third-order valence-electron chi connectivity index (χ3n) is 5.65. The number of amides is 2. The minimum atomic E-state index is -2.28. The van der Waals surface area contributed by atoms with Crippen molar-refractivity contribution in [1.29, 1.82) is 0 Å². The van der Waals surface area contributed by atoms with E-state index >= 15 is 0 Å². The highest BCUT2D eigenvalue weighted by Crippen LogP contribution is 2.37. The molecule has 168 valence electrons. The fourth-order valence-corrected chi connectivity index (χ4v) is 3.95. The maximum atomic E-state index is 14.6. The van der Waals surface area contributed by atoms with Gasteiger partial charge in [0.25, 0.3) is 0 Å². The largest absolute Gasteiger partial charge is 0.391 e. The normalized spacial score (nSPS) is 31.1. The van der Waals surface area contributed by atoms with E-state index in [0.717, 1.165) is 18.2 Å². The van der Waals surface area contributed by atoms with Crippen molar-refractivity contribution in [3.05, 3.63) is 53.9 Å². The smallest absolute Gasteiger partial charge is 0.322 e. The first kappa shape index (κ1) is 15.5. The molecule has 2 fully saturated rings. The topological polar surface area (TPSA) is 86.0 Å². The van der Waals surface area contributed by atoms with E-state index < -0.39 is 55.2 Å². The summed E-state index contributed by atoms with van der Waals surface area (Å²) in [4.78, 5) is 19.3. The van der Waals surface area contributed by atoms with E-state index in [9.17, 15) is 18.7 Å². The third kappa shape index (κ3) is 3.54. The summed E-state index contributed by atoms with van der Waals surface area (Å²) in [6, 6.07) is 0.723. The molecule has 10 heteroatoms. The molecule has 2 aromatic heterocycles. The highest BCUT2D eigenvalue weighted by molar-refractivity contribution is 5.93. The number of carbonyl (C=O) groups is 1. The van der Waals surface area contributed by atoms with Crippen LogP contribution in [0.5, 0.6) is 0 Å². The number of aromatic nitrogens is 3. The Labute approximate surface area is 190 Å². The number of urea groups is 1. The maximum absolute atomic E-state index is 14.6. The van der Waals surface area contributed by atoms with Crippen LogP contribution in [0.4, 0.5) is 25.1 Å². The Kier molecular flexibility index (Phi) is 3.89. The first-order chi connectivity index (χ1) is 17.2. The Morgan fingerprint density at radius 1 is 1.31 bits per heavy atom.